The van der Waals surface area contributed by atoms with E-state index in [4.69, 9.17) is 44.1 Å². The molecular formula is C34H32Cl2F3N9O4. The van der Waals surface area contributed by atoms with Crippen LogP contribution in [0.3, 0.4) is 0 Å². The van der Waals surface area contributed by atoms with Crippen LogP contribution in [0.5, 0.6) is 0 Å². The summed E-state index contributed by atoms with van der Waals surface area (Å²) in [6.07, 6.45) is -0.0132. The van der Waals surface area contributed by atoms with Crippen molar-refractivity contribution in [3.05, 3.63) is 111 Å². The van der Waals surface area contributed by atoms with Crippen LogP contribution < -0.4 is 22.1 Å². The molecule has 0 spiro atoms. The summed E-state index contributed by atoms with van der Waals surface area (Å²) < 4.78 is 47.6. The first kappa shape index (κ1) is 37.8. The summed E-state index contributed by atoms with van der Waals surface area (Å²) in [5, 5.41) is 5.87. The SMILES string of the molecule is NC1=N[C@@H](CCc2ccc(NC(=O)c3cc(Cl)cc(Cl)n3)cc2)CO1.NC1=N[C@@H](CCc2ccc(NC(=O)c3cnc(C(F)(F)F)cn3)cc2)CO1. The molecule has 272 valence electrons. The summed E-state index contributed by atoms with van der Waals surface area (Å²) in [7, 11) is 0. The van der Waals surface area contributed by atoms with E-state index in [1.165, 1.54) is 12.1 Å². The number of nitrogens with zero attached hydrogens (tertiary/aromatic N) is 5. The number of halogens is 5. The topological polar surface area (TPSA) is 192 Å². The van der Waals surface area contributed by atoms with Crippen LogP contribution in [0.4, 0.5) is 24.5 Å². The number of ether oxygens (including phenoxy) is 2. The Hall–Kier alpha value is -5.48. The molecule has 0 fully saturated rings. The number of nitrogens with two attached hydrogens (primary N) is 2. The van der Waals surface area contributed by atoms with Gasteiger partial charge >= 0.3 is 6.18 Å². The molecule has 0 saturated carbocycles. The first-order valence-corrected chi connectivity index (χ1v) is 16.5. The van der Waals surface area contributed by atoms with Gasteiger partial charge in [-0.15, -0.1) is 0 Å². The third-order valence-electron chi connectivity index (χ3n) is 7.59. The average Bonchev–Trinajstić information content (AvgIpc) is 3.74. The zero-order valence-electron chi connectivity index (χ0n) is 27.2. The van der Waals surface area contributed by atoms with Gasteiger partial charge in [-0.25, -0.2) is 24.9 Å². The van der Waals surface area contributed by atoms with Gasteiger partial charge in [0.15, 0.2) is 5.69 Å². The molecule has 2 amide bonds. The Bertz CT molecular complexity index is 1910. The number of rotatable bonds is 10. The van der Waals surface area contributed by atoms with Crippen LogP contribution >= 0.6 is 23.2 Å². The lowest BCUT2D eigenvalue weighted by molar-refractivity contribution is -0.141. The predicted molar refractivity (Wildman–Crippen MR) is 189 cm³/mol. The van der Waals surface area contributed by atoms with Gasteiger partial charge in [0.05, 0.1) is 24.5 Å². The Morgan fingerprint density at radius 3 is 1.65 bits per heavy atom. The van der Waals surface area contributed by atoms with Crippen molar-refractivity contribution >= 4 is 58.4 Å². The van der Waals surface area contributed by atoms with Gasteiger partial charge in [-0.1, -0.05) is 47.5 Å². The highest BCUT2D eigenvalue weighted by Gasteiger charge is 2.33. The van der Waals surface area contributed by atoms with Crippen LogP contribution in [0, 0.1) is 0 Å². The Morgan fingerprint density at radius 1 is 0.750 bits per heavy atom. The summed E-state index contributed by atoms with van der Waals surface area (Å²) in [5.74, 6) is -1.01. The number of amides is 2. The third kappa shape index (κ3) is 11.3. The highest BCUT2D eigenvalue weighted by atomic mass is 35.5. The number of alkyl halides is 3. The Labute approximate surface area is 305 Å². The first-order valence-electron chi connectivity index (χ1n) is 15.8. The zero-order valence-corrected chi connectivity index (χ0v) is 28.8. The Kier molecular flexibility index (Phi) is 12.5. The van der Waals surface area contributed by atoms with Crippen LogP contribution in [-0.4, -0.2) is 64.1 Å². The Balaban J connectivity index is 0.000000202. The fourth-order valence-corrected chi connectivity index (χ4v) is 5.38. The van der Waals surface area contributed by atoms with Gasteiger partial charge in [0, 0.05) is 16.4 Å². The number of carbonyl (C=O) groups excluding carboxylic acids is 2. The number of amidine groups is 2. The fraction of sp³-hybridized carbons (Fsp3) is 0.265. The summed E-state index contributed by atoms with van der Waals surface area (Å²) in [4.78, 5) is 43.3. The number of carbonyl (C=O) groups is 2. The molecule has 2 atom stereocenters. The van der Waals surface area contributed by atoms with Crippen LogP contribution in [0.1, 0.15) is 50.6 Å². The molecular weight excluding hydrogens is 726 g/mol. The maximum Gasteiger partial charge on any atom is 0.434 e. The molecule has 0 aliphatic carbocycles. The van der Waals surface area contributed by atoms with Crippen LogP contribution in [0.25, 0.3) is 0 Å². The molecule has 52 heavy (non-hydrogen) atoms. The summed E-state index contributed by atoms with van der Waals surface area (Å²) in [6.45, 7) is 1.02. The molecule has 4 heterocycles. The lowest BCUT2D eigenvalue weighted by Gasteiger charge is -2.08. The van der Waals surface area contributed by atoms with E-state index in [-0.39, 0.29) is 46.6 Å². The molecule has 0 saturated heterocycles. The monoisotopic (exact) mass is 757 g/mol. The molecule has 0 unspecified atom stereocenters. The van der Waals surface area contributed by atoms with Crippen molar-refractivity contribution in [2.24, 2.45) is 21.5 Å². The number of aliphatic imine (C=N–C) groups is 2. The predicted octanol–water partition coefficient (Wildman–Crippen LogP) is 5.68. The van der Waals surface area contributed by atoms with Gasteiger partial charge in [-0.3, -0.25) is 9.59 Å². The van der Waals surface area contributed by atoms with Gasteiger partial charge < -0.3 is 31.6 Å². The number of anilines is 2. The van der Waals surface area contributed by atoms with E-state index in [1.54, 1.807) is 12.1 Å². The van der Waals surface area contributed by atoms with Crippen molar-refractivity contribution in [1.29, 1.82) is 0 Å². The standard InChI is InChI=1S/C17H16Cl2N4O2.C17H16F3N5O2/c18-11-7-14(23-15(19)8-11)16(24)21-12-4-1-10(2-5-12)3-6-13-9-25-17(20)22-13;18-17(19,20)14-8-22-13(7-23-14)15(26)24-11-4-1-10(2-5-11)3-6-12-9-27-16(21)25-12/h1-2,4-5,7-8,13H,3,6,9H2,(H2,20,22)(H,21,24);1-2,4-5,7-8,12H,3,6,9H2,(H2,21,25)(H,24,26)/t13-;12-/m00/s1. The van der Waals surface area contributed by atoms with E-state index in [9.17, 15) is 22.8 Å². The number of nitrogens with one attached hydrogen (secondary N) is 2. The largest absolute Gasteiger partial charge is 0.463 e. The van der Waals surface area contributed by atoms with Crippen LogP contribution in [0.2, 0.25) is 10.2 Å². The molecule has 2 aromatic heterocycles. The molecule has 4 aromatic rings. The number of pyridine rings is 1. The van der Waals surface area contributed by atoms with Gasteiger partial charge in [-0.2, -0.15) is 13.2 Å². The van der Waals surface area contributed by atoms with E-state index in [0.29, 0.717) is 35.8 Å². The molecule has 6 rings (SSSR count). The molecule has 0 radical (unpaired) electrons. The minimum atomic E-state index is -4.60. The molecule has 2 aliphatic rings. The van der Waals surface area contributed by atoms with E-state index in [1.807, 2.05) is 36.4 Å². The van der Waals surface area contributed by atoms with Gasteiger partial charge in [0.25, 0.3) is 23.9 Å². The minimum absolute atomic E-state index is 0.0441. The second-order valence-corrected chi connectivity index (χ2v) is 12.3. The maximum absolute atomic E-state index is 12.5. The van der Waals surface area contributed by atoms with E-state index < -0.39 is 17.8 Å². The highest BCUT2D eigenvalue weighted by Crippen LogP contribution is 2.26. The number of hydrogen-bond donors (Lipinski definition) is 4. The van der Waals surface area contributed by atoms with E-state index >= 15 is 0 Å². The number of aryl methyl sites for hydroxylation is 2. The summed E-state index contributed by atoms with van der Waals surface area (Å²) in [6, 6.07) is 18.2. The second kappa shape index (κ2) is 17.2. The average molecular weight is 759 g/mol. The second-order valence-electron chi connectivity index (χ2n) is 11.5. The van der Waals surface area contributed by atoms with Crippen molar-refractivity contribution in [2.75, 3.05) is 23.8 Å². The first-order chi connectivity index (χ1) is 24.8. The van der Waals surface area contributed by atoms with Gasteiger partial charge in [0.1, 0.15) is 29.8 Å². The van der Waals surface area contributed by atoms with Crippen molar-refractivity contribution in [3.8, 4) is 0 Å². The molecule has 13 nitrogen and oxygen atoms in total. The van der Waals surface area contributed by atoms with Crippen LogP contribution in [-0.2, 0) is 28.5 Å². The van der Waals surface area contributed by atoms with E-state index in [2.05, 4.69) is 35.6 Å². The molecule has 6 N–H and O–H groups in total. The smallest absolute Gasteiger partial charge is 0.434 e. The van der Waals surface area contributed by atoms with Crippen molar-refractivity contribution in [2.45, 2.75) is 43.9 Å². The van der Waals surface area contributed by atoms with Gasteiger partial charge in [0.2, 0.25) is 0 Å². The number of benzene rings is 2. The van der Waals surface area contributed by atoms with Crippen molar-refractivity contribution < 1.29 is 32.2 Å². The fourth-order valence-electron chi connectivity index (χ4n) is 4.91. The van der Waals surface area contributed by atoms with Crippen molar-refractivity contribution in [1.82, 2.24) is 15.0 Å². The zero-order chi connectivity index (χ0) is 37.3. The third-order valence-corrected chi connectivity index (χ3v) is 8.00. The molecule has 2 aliphatic heterocycles. The van der Waals surface area contributed by atoms with Gasteiger partial charge in [-0.05, 0) is 73.2 Å². The number of aromatic nitrogens is 3. The number of hydrogen-bond acceptors (Lipinski definition) is 11. The maximum atomic E-state index is 12.5. The minimum Gasteiger partial charge on any atom is -0.463 e. The molecule has 18 heteroatoms. The normalized spacial score (nSPS) is 16.4. The van der Waals surface area contributed by atoms with E-state index in [0.717, 1.165) is 43.0 Å². The van der Waals surface area contributed by atoms with Crippen LogP contribution in [0.15, 0.2) is 83.0 Å². The molecule has 2 aromatic carbocycles. The van der Waals surface area contributed by atoms with Crippen molar-refractivity contribution in [3.63, 3.8) is 0 Å². The Morgan fingerprint density at radius 2 is 1.25 bits per heavy atom. The summed E-state index contributed by atoms with van der Waals surface area (Å²) >= 11 is 11.7. The lowest BCUT2D eigenvalue weighted by Crippen LogP contribution is -2.16. The molecule has 0 bridgehead atoms. The lowest BCUT2D eigenvalue weighted by atomic mass is 10.1. The summed E-state index contributed by atoms with van der Waals surface area (Å²) in [5.41, 5.74) is 13.1. The highest BCUT2D eigenvalue weighted by molar-refractivity contribution is 6.34. The quantitative estimate of drug-likeness (QED) is 0.147.